The first kappa shape index (κ1) is 25.9. The van der Waals surface area contributed by atoms with E-state index in [2.05, 4.69) is 6.92 Å². The van der Waals surface area contributed by atoms with E-state index in [0.29, 0.717) is 30.4 Å². The fourth-order valence-electron chi connectivity index (χ4n) is 6.06. The summed E-state index contributed by atoms with van der Waals surface area (Å²) in [5, 5.41) is 0. The highest BCUT2D eigenvalue weighted by atomic mass is 19.2. The molecule has 0 aliphatic heterocycles. The van der Waals surface area contributed by atoms with Gasteiger partial charge in [0.25, 0.3) is 0 Å². The molecule has 2 aromatic carbocycles. The van der Waals surface area contributed by atoms with Gasteiger partial charge in [0.1, 0.15) is 0 Å². The van der Waals surface area contributed by atoms with Gasteiger partial charge in [-0.05, 0) is 111 Å². The molecule has 2 nitrogen and oxygen atoms in total. The van der Waals surface area contributed by atoms with Crippen LogP contribution in [0.3, 0.4) is 0 Å². The molecule has 0 N–H and O–H groups in total. The van der Waals surface area contributed by atoms with Crippen molar-refractivity contribution < 1.29 is 22.6 Å². The summed E-state index contributed by atoms with van der Waals surface area (Å²) < 4.78 is 55.0. The average Bonchev–Trinajstić information content (AvgIpc) is 2.87. The molecule has 0 heterocycles. The van der Waals surface area contributed by atoms with E-state index in [-0.39, 0.29) is 23.4 Å². The van der Waals surface area contributed by atoms with Crippen LogP contribution in [0.15, 0.2) is 30.3 Å². The van der Waals surface area contributed by atoms with Crippen molar-refractivity contribution in [3.05, 3.63) is 58.9 Å². The third kappa shape index (κ3) is 6.34. The van der Waals surface area contributed by atoms with Crippen LogP contribution in [-0.2, 0) is 0 Å². The summed E-state index contributed by atoms with van der Waals surface area (Å²) in [5.41, 5.74) is 1.51. The first-order valence-corrected chi connectivity index (χ1v) is 13.5. The summed E-state index contributed by atoms with van der Waals surface area (Å²) in [5.74, 6) is -0.162. The lowest BCUT2D eigenvalue weighted by atomic mass is 9.77. The largest absolute Gasteiger partial charge is 0.491 e. The van der Waals surface area contributed by atoms with E-state index in [4.69, 9.17) is 9.47 Å². The number of rotatable bonds is 9. The van der Waals surface area contributed by atoms with Gasteiger partial charge >= 0.3 is 0 Å². The molecule has 35 heavy (non-hydrogen) atoms. The van der Waals surface area contributed by atoms with E-state index in [1.54, 1.807) is 24.3 Å². The van der Waals surface area contributed by atoms with Crippen molar-refractivity contribution >= 4 is 0 Å². The Hall–Kier alpha value is -2.17. The second-order valence-corrected chi connectivity index (χ2v) is 10.4. The van der Waals surface area contributed by atoms with Crippen LogP contribution in [0.25, 0.3) is 0 Å². The summed E-state index contributed by atoms with van der Waals surface area (Å²) >= 11 is 0. The van der Waals surface area contributed by atoms with Gasteiger partial charge in [0, 0.05) is 0 Å². The molecule has 0 saturated heterocycles. The molecule has 0 spiro atoms. The topological polar surface area (TPSA) is 18.5 Å². The highest BCUT2D eigenvalue weighted by Crippen LogP contribution is 2.41. The molecule has 192 valence electrons. The quantitative estimate of drug-likeness (QED) is 0.351. The smallest absolute Gasteiger partial charge is 0.200 e. The van der Waals surface area contributed by atoms with Crippen molar-refractivity contribution in [3.8, 4) is 11.5 Å². The highest BCUT2D eigenvalue weighted by molar-refractivity contribution is 5.34. The van der Waals surface area contributed by atoms with Crippen LogP contribution >= 0.6 is 0 Å². The first-order chi connectivity index (χ1) is 17.0. The fourth-order valence-corrected chi connectivity index (χ4v) is 6.06. The van der Waals surface area contributed by atoms with Crippen molar-refractivity contribution in [2.45, 2.75) is 89.9 Å². The van der Waals surface area contributed by atoms with Gasteiger partial charge in [0.15, 0.2) is 23.1 Å². The van der Waals surface area contributed by atoms with Crippen molar-refractivity contribution in [1.29, 1.82) is 0 Å². The van der Waals surface area contributed by atoms with Gasteiger partial charge in [0.2, 0.25) is 5.82 Å². The van der Waals surface area contributed by atoms with Crippen molar-refractivity contribution in [3.63, 3.8) is 0 Å². The summed E-state index contributed by atoms with van der Waals surface area (Å²) in [7, 11) is 0. The van der Waals surface area contributed by atoms with Crippen LogP contribution in [-0.4, -0.2) is 13.2 Å². The highest BCUT2D eigenvalue weighted by Gasteiger charge is 2.27. The minimum absolute atomic E-state index is 0.0154. The van der Waals surface area contributed by atoms with E-state index in [1.807, 2.05) is 13.0 Å². The number of benzene rings is 2. The molecule has 2 saturated carbocycles. The molecule has 2 aliphatic rings. The molecule has 2 fully saturated rings. The van der Waals surface area contributed by atoms with E-state index >= 15 is 0 Å². The van der Waals surface area contributed by atoms with Gasteiger partial charge in [-0.15, -0.1) is 0 Å². The van der Waals surface area contributed by atoms with Crippen LogP contribution in [0.4, 0.5) is 13.2 Å². The second-order valence-electron chi connectivity index (χ2n) is 10.4. The number of halogens is 3. The van der Waals surface area contributed by atoms with Gasteiger partial charge in [-0.1, -0.05) is 31.9 Å². The van der Waals surface area contributed by atoms with Gasteiger partial charge in [-0.3, -0.25) is 0 Å². The van der Waals surface area contributed by atoms with Crippen LogP contribution in [0.2, 0.25) is 0 Å². The summed E-state index contributed by atoms with van der Waals surface area (Å²) in [6, 6.07) is 8.59. The monoisotopic (exact) mass is 488 g/mol. The predicted octanol–water partition coefficient (Wildman–Crippen LogP) is 8.93. The summed E-state index contributed by atoms with van der Waals surface area (Å²) in [6.07, 6.45) is 10.2. The normalized spacial score (nSPS) is 24.8. The van der Waals surface area contributed by atoms with Gasteiger partial charge in [0.05, 0.1) is 13.2 Å². The lowest BCUT2D eigenvalue weighted by molar-refractivity contribution is 0.192. The van der Waals surface area contributed by atoms with Crippen molar-refractivity contribution in [1.82, 2.24) is 0 Å². The van der Waals surface area contributed by atoms with Crippen LogP contribution in [0.5, 0.6) is 11.5 Å². The zero-order chi connectivity index (χ0) is 24.8. The molecule has 2 aromatic rings. The molecule has 5 heteroatoms. The predicted molar refractivity (Wildman–Crippen MR) is 134 cm³/mol. The average molecular weight is 489 g/mol. The van der Waals surface area contributed by atoms with E-state index in [1.165, 1.54) is 12.8 Å². The van der Waals surface area contributed by atoms with Crippen molar-refractivity contribution in [2.75, 3.05) is 13.2 Å². The van der Waals surface area contributed by atoms with Crippen LogP contribution in [0, 0.1) is 29.3 Å². The van der Waals surface area contributed by atoms with E-state index in [9.17, 15) is 13.2 Å². The standard InChI is InChI=1S/C30H39F3O2/c1-3-5-20-6-12-23(13-7-20)25-15-17-28(30(33)29(25)32)35-19-21-8-10-22(11-9-21)24-14-16-27(34-4-2)26(31)18-24/h14-18,20-23H,3-13,19H2,1-2H3. The number of hydrogen-bond acceptors (Lipinski definition) is 2. The van der Waals surface area contributed by atoms with Crippen LogP contribution < -0.4 is 9.47 Å². The van der Waals surface area contributed by atoms with Gasteiger partial charge in [-0.2, -0.15) is 4.39 Å². The van der Waals surface area contributed by atoms with E-state index < -0.39 is 11.6 Å². The Morgan fingerprint density at radius 3 is 2.03 bits per heavy atom. The molecule has 4 rings (SSSR count). The molecule has 0 atom stereocenters. The third-order valence-electron chi connectivity index (χ3n) is 8.11. The molecule has 0 unspecified atom stereocenters. The molecular weight excluding hydrogens is 449 g/mol. The summed E-state index contributed by atoms with van der Waals surface area (Å²) in [4.78, 5) is 0. The SMILES string of the molecule is CCCC1CCC(c2ccc(OCC3CCC(c4ccc(OCC)c(F)c4)CC3)c(F)c2F)CC1. The minimum Gasteiger partial charge on any atom is -0.491 e. The molecule has 2 aliphatic carbocycles. The van der Waals surface area contributed by atoms with E-state index in [0.717, 1.165) is 62.8 Å². The molecule has 0 aromatic heterocycles. The maximum Gasteiger partial charge on any atom is 0.200 e. The zero-order valence-electron chi connectivity index (χ0n) is 21.1. The maximum absolute atomic E-state index is 14.9. The molecule has 0 amide bonds. The number of ether oxygens (including phenoxy) is 2. The summed E-state index contributed by atoms with van der Waals surface area (Å²) in [6.45, 7) is 4.86. The Labute approximate surface area is 208 Å². The maximum atomic E-state index is 14.9. The number of hydrogen-bond donors (Lipinski definition) is 0. The molecule has 0 radical (unpaired) electrons. The Bertz CT molecular complexity index is 960. The minimum atomic E-state index is -0.850. The second kappa shape index (κ2) is 12.2. The molecular formula is C30H39F3O2. The lowest BCUT2D eigenvalue weighted by Crippen LogP contribution is -2.20. The Kier molecular flexibility index (Phi) is 9.02. The fraction of sp³-hybridized carbons (Fsp3) is 0.600. The zero-order valence-corrected chi connectivity index (χ0v) is 21.1. The van der Waals surface area contributed by atoms with Crippen molar-refractivity contribution in [2.24, 2.45) is 11.8 Å². The Morgan fingerprint density at radius 1 is 0.714 bits per heavy atom. The lowest BCUT2D eigenvalue weighted by Gasteiger charge is -2.30. The Balaban J connectivity index is 1.28. The molecule has 0 bridgehead atoms. The van der Waals surface area contributed by atoms with Gasteiger partial charge < -0.3 is 9.47 Å². The first-order valence-electron chi connectivity index (χ1n) is 13.5. The third-order valence-corrected chi connectivity index (χ3v) is 8.11. The van der Waals surface area contributed by atoms with Gasteiger partial charge in [-0.25, -0.2) is 8.78 Å². The Morgan fingerprint density at radius 2 is 1.37 bits per heavy atom. The van der Waals surface area contributed by atoms with Crippen LogP contribution in [0.1, 0.15) is 101 Å².